The van der Waals surface area contributed by atoms with Crippen molar-refractivity contribution >= 4 is 26.0 Å². The van der Waals surface area contributed by atoms with E-state index in [1.165, 1.54) is 0 Å². The van der Waals surface area contributed by atoms with E-state index in [1.807, 2.05) is 20.2 Å². The van der Waals surface area contributed by atoms with E-state index in [2.05, 4.69) is 30.9 Å². The van der Waals surface area contributed by atoms with Crippen molar-refractivity contribution in [1.29, 1.82) is 0 Å². The third-order valence-electron chi connectivity index (χ3n) is 3.61. The largest absolute Gasteiger partial charge is 0.316 e. The van der Waals surface area contributed by atoms with Crippen molar-refractivity contribution in [3.05, 3.63) is 28.2 Å². The Labute approximate surface area is 135 Å². The highest BCUT2D eigenvalue weighted by Crippen LogP contribution is 2.24. The number of rotatable bonds is 5. The van der Waals surface area contributed by atoms with Crippen LogP contribution in [0.1, 0.15) is 18.4 Å². The van der Waals surface area contributed by atoms with Crippen LogP contribution in [0.15, 0.2) is 27.6 Å². The zero-order valence-electron chi connectivity index (χ0n) is 12.4. The zero-order valence-corrected chi connectivity index (χ0v) is 14.8. The Bertz CT molecular complexity index is 592. The van der Waals surface area contributed by atoms with E-state index in [9.17, 15) is 8.42 Å². The third kappa shape index (κ3) is 4.50. The minimum Gasteiger partial charge on any atom is -0.316 e. The summed E-state index contributed by atoms with van der Waals surface area (Å²) in [5.41, 5.74) is 0.946. The molecule has 1 aliphatic rings. The molecule has 1 saturated heterocycles. The average molecular weight is 376 g/mol. The van der Waals surface area contributed by atoms with E-state index < -0.39 is 10.0 Å². The Morgan fingerprint density at radius 3 is 2.86 bits per heavy atom. The van der Waals surface area contributed by atoms with Crippen molar-refractivity contribution in [1.82, 2.24) is 14.9 Å². The predicted molar refractivity (Wildman–Crippen MR) is 87.7 cm³/mol. The molecular weight excluding hydrogens is 354 g/mol. The lowest BCUT2D eigenvalue weighted by Gasteiger charge is -2.30. The van der Waals surface area contributed by atoms with Gasteiger partial charge in [-0.2, -0.15) is 0 Å². The molecule has 118 valence electrons. The Balaban J connectivity index is 2.20. The van der Waals surface area contributed by atoms with Crippen LogP contribution in [-0.4, -0.2) is 46.5 Å². The first kappa shape index (κ1) is 16.9. The molecule has 2 rings (SSSR count). The molecule has 21 heavy (non-hydrogen) atoms. The number of nitrogens with one attached hydrogen (secondary N) is 2. The highest BCUT2D eigenvalue weighted by molar-refractivity contribution is 9.10. The lowest BCUT2D eigenvalue weighted by atomic mass is 10.1. The van der Waals surface area contributed by atoms with Crippen molar-refractivity contribution in [2.24, 2.45) is 0 Å². The van der Waals surface area contributed by atoms with E-state index in [-0.39, 0.29) is 6.04 Å². The summed E-state index contributed by atoms with van der Waals surface area (Å²) in [6.45, 7) is 2.43. The summed E-state index contributed by atoms with van der Waals surface area (Å²) in [5, 5.41) is 3.03. The molecule has 0 aliphatic carbocycles. The van der Waals surface area contributed by atoms with Crippen LogP contribution in [0.3, 0.4) is 0 Å². The number of nitrogens with zero attached hydrogens (tertiary/aromatic N) is 1. The van der Waals surface area contributed by atoms with E-state index in [4.69, 9.17) is 0 Å². The molecule has 1 aromatic rings. The molecule has 0 bridgehead atoms. The van der Waals surface area contributed by atoms with Crippen molar-refractivity contribution in [2.75, 3.05) is 27.2 Å². The lowest BCUT2D eigenvalue weighted by molar-refractivity contribution is 0.242. The van der Waals surface area contributed by atoms with E-state index in [0.717, 1.165) is 31.5 Å². The second-order valence-corrected chi connectivity index (χ2v) is 8.05. The van der Waals surface area contributed by atoms with Gasteiger partial charge in [0.2, 0.25) is 10.0 Å². The molecule has 0 aromatic heterocycles. The Hall–Kier alpha value is -0.470. The molecule has 1 fully saturated rings. The summed E-state index contributed by atoms with van der Waals surface area (Å²) in [4.78, 5) is 2.46. The summed E-state index contributed by atoms with van der Waals surface area (Å²) in [7, 11) is 0.351. The maximum Gasteiger partial charge on any atom is 0.241 e. The molecule has 2 N–H and O–H groups in total. The Morgan fingerprint density at radius 2 is 2.19 bits per heavy atom. The fourth-order valence-electron chi connectivity index (χ4n) is 2.61. The molecule has 0 radical (unpaired) electrons. The highest BCUT2D eigenvalue weighted by Gasteiger charge is 2.25. The molecule has 0 amide bonds. The number of benzene rings is 1. The van der Waals surface area contributed by atoms with Crippen molar-refractivity contribution < 1.29 is 8.42 Å². The summed E-state index contributed by atoms with van der Waals surface area (Å²) >= 11 is 3.34. The quantitative estimate of drug-likeness (QED) is 0.819. The molecule has 0 saturated carbocycles. The van der Waals surface area contributed by atoms with Crippen LogP contribution >= 0.6 is 15.9 Å². The van der Waals surface area contributed by atoms with Crippen LogP contribution < -0.4 is 10.0 Å². The second kappa shape index (κ2) is 7.19. The number of hydrogen-bond donors (Lipinski definition) is 2. The SMILES string of the molecule is CNCc1ccc(Br)c(S(=O)(=O)NC2CCCN(C)C2)c1. The topological polar surface area (TPSA) is 61.4 Å². The van der Waals surface area contributed by atoms with Gasteiger partial charge in [0.25, 0.3) is 0 Å². The fourth-order valence-corrected chi connectivity index (χ4v) is 4.89. The molecular formula is C14H22BrN3O2S. The number of halogens is 1. The van der Waals surface area contributed by atoms with Crippen molar-refractivity contribution in [3.8, 4) is 0 Å². The van der Waals surface area contributed by atoms with Gasteiger partial charge in [-0.15, -0.1) is 0 Å². The Morgan fingerprint density at radius 1 is 1.43 bits per heavy atom. The maximum absolute atomic E-state index is 12.6. The molecule has 7 heteroatoms. The molecule has 0 spiro atoms. The summed E-state index contributed by atoms with van der Waals surface area (Å²) in [5.74, 6) is 0. The predicted octanol–water partition coefficient (Wildman–Crippen LogP) is 1.54. The smallest absolute Gasteiger partial charge is 0.241 e. The Kier molecular flexibility index (Phi) is 5.79. The number of piperidine rings is 1. The van der Waals surface area contributed by atoms with Gasteiger partial charge in [0, 0.05) is 23.6 Å². The van der Waals surface area contributed by atoms with Crippen LogP contribution in [0.4, 0.5) is 0 Å². The average Bonchev–Trinajstić information content (AvgIpc) is 2.40. The van der Waals surface area contributed by atoms with Gasteiger partial charge in [-0.25, -0.2) is 13.1 Å². The second-order valence-electron chi connectivity index (χ2n) is 5.52. The van der Waals surface area contributed by atoms with Gasteiger partial charge in [0.1, 0.15) is 0 Å². The van der Waals surface area contributed by atoms with Crippen LogP contribution in [0, 0.1) is 0 Å². The molecule has 1 unspecified atom stereocenters. The highest BCUT2D eigenvalue weighted by atomic mass is 79.9. The van der Waals surface area contributed by atoms with Crippen LogP contribution in [-0.2, 0) is 16.6 Å². The number of hydrogen-bond acceptors (Lipinski definition) is 4. The number of likely N-dealkylation sites (N-methyl/N-ethyl adjacent to an activating group) is 1. The monoisotopic (exact) mass is 375 g/mol. The van der Waals surface area contributed by atoms with Crippen LogP contribution in [0.2, 0.25) is 0 Å². The third-order valence-corrected chi connectivity index (χ3v) is 6.13. The standard InChI is InChI=1S/C14H22BrN3O2S/c1-16-9-11-5-6-13(15)14(8-11)21(19,20)17-12-4-3-7-18(2)10-12/h5-6,8,12,16-17H,3-4,7,9-10H2,1-2H3. The normalized spacial score (nSPS) is 20.6. The van der Waals surface area contributed by atoms with Gasteiger partial charge >= 0.3 is 0 Å². The first-order chi connectivity index (χ1) is 9.92. The van der Waals surface area contributed by atoms with Crippen molar-refractivity contribution in [2.45, 2.75) is 30.3 Å². The summed E-state index contributed by atoms with van der Waals surface area (Å²) < 4.78 is 28.6. The minimum atomic E-state index is -3.51. The van der Waals surface area contributed by atoms with Gasteiger partial charge < -0.3 is 10.2 Å². The van der Waals surface area contributed by atoms with Crippen molar-refractivity contribution in [3.63, 3.8) is 0 Å². The number of likely N-dealkylation sites (tertiary alicyclic amines) is 1. The van der Waals surface area contributed by atoms with E-state index in [1.54, 1.807) is 12.1 Å². The van der Waals surface area contributed by atoms with Gasteiger partial charge in [-0.3, -0.25) is 0 Å². The van der Waals surface area contributed by atoms with E-state index >= 15 is 0 Å². The first-order valence-corrected chi connectivity index (χ1v) is 9.34. The molecule has 1 atom stereocenters. The molecule has 1 aliphatic heterocycles. The van der Waals surface area contributed by atoms with Gasteiger partial charge in [0.15, 0.2) is 0 Å². The van der Waals surface area contributed by atoms with Crippen LogP contribution in [0.5, 0.6) is 0 Å². The van der Waals surface area contributed by atoms with Crippen LogP contribution in [0.25, 0.3) is 0 Å². The first-order valence-electron chi connectivity index (χ1n) is 7.06. The lowest BCUT2D eigenvalue weighted by Crippen LogP contribution is -2.46. The molecule has 1 aromatic carbocycles. The molecule has 5 nitrogen and oxygen atoms in total. The van der Waals surface area contributed by atoms with Gasteiger partial charge in [-0.1, -0.05) is 6.07 Å². The fraction of sp³-hybridized carbons (Fsp3) is 0.571. The minimum absolute atomic E-state index is 0.0198. The van der Waals surface area contributed by atoms with E-state index in [0.29, 0.717) is 15.9 Å². The maximum atomic E-state index is 12.6. The number of sulfonamides is 1. The zero-order chi connectivity index (χ0) is 15.5. The van der Waals surface area contributed by atoms with Gasteiger partial charge in [0.05, 0.1) is 4.90 Å². The summed E-state index contributed by atoms with van der Waals surface area (Å²) in [6, 6.07) is 5.39. The molecule has 1 heterocycles. The summed E-state index contributed by atoms with van der Waals surface area (Å²) in [6.07, 6.45) is 1.90. The van der Waals surface area contributed by atoms with Gasteiger partial charge in [-0.05, 0) is 67.1 Å².